The van der Waals surface area contributed by atoms with Gasteiger partial charge in [-0.3, -0.25) is 9.69 Å². The third kappa shape index (κ3) is 6.16. The van der Waals surface area contributed by atoms with Crippen molar-refractivity contribution in [3.63, 3.8) is 0 Å². The molecule has 1 aromatic heterocycles. The summed E-state index contributed by atoms with van der Waals surface area (Å²) in [5.41, 5.74) is -1.76. The molecule has 3 aromatic rings. The second-order valence-electron chi connectivity index (χ2n) is 13.3. The average molecular weight is 717 g/mol. The fourth-order valence-electron chi connectivity index (χ4n) is 7.53. The van der Waals surface area contributed by atoms with Gasteiger partial charge in [0, 0.05) is 49.9 Å². The van der Waals surface area contributed by atoms with E-state index in [-0.39, 0.29) is 51.3 Å². The van der Waals surface area contributed by atoms with Crippen LogP contribution < -0.4 is 19.1 Å². The topological polar surface area (TPSA) is 164 Å². The summed E-state index contributed by atoms with van der Waals surface area (Å²) in [6.45, 7) is 7.65. The first kappa shape index (κ1) is 34.7. The van der Waals surface area contributed by atoms with Gasteiger partial charge in [0.25, 0.3) is 15.9 Å². The molecule has 14 nitrogen and oxygen atoms in total. The SMILES string of the molecule is CCOc1ncccc1[C@]1(NC(=O)N2CC3(CC(OCCN4CCOCC4)C3)C2)C(=O)N(S(=O)(=O)c2ccc(OC)cc2)c2ccc(C#N)cc21. The number of urea groups is 1. The standard InChI is InChI=1S/C36H40N6O8S/c1-3-49-32-29(5-4-12-38-32)36(39-34(44)41-23-35(24-41)20-27(21-35)50-18-15-40-13-16-48-17-14-40)30-19-25(22-37)6-11-31(30)42(33(36)43)51(45,46)28-9-7-26(47-2)8-10-28/h4-12,19,27H,3,13-18,20-21,23-24H2,1-2H3,(H,39,44)/t36-/m1/s1. The number of nitriles is 1. The molecule has 3 fully saturated rings. The zero-order valence-electron chi connectivity index (χ0n) is 28.5. The van der Waals surface area contributed by atoms with Crippen LogP contribution in [0.3, 0.4) is 0 Å². The number of nitrogens with zero attached hydrogens (tertiary/aromatic N) is 5. The average Bonchev–Trinajstić information content (AvgIpc) is 3.36. The van der Waals surface area contributed by atoms with E-state index in [2.05, 4.69) is 21.3 Å². The van der Waals surface area contributed by atoms with Crippen molar-refractivity contribution in [2.75, 3.05) is 70.6 Å². The lowest BCUT2D eigenvalue weighted by Gasteiger charge is -2.58. The molecule has 0 unspecified atom stereocenters. The van der Waals surface area contributed by atoms with E-state index in [1.54, 1.807) is 24.0 Å². The summed E-state index contributed by atoms with van der Waals surface area (Å²) >= 11 is 0. The number of morpholine rings is 1. The molecule has 4 heterocycles. The minimum absolute atomic E-state index is 0.00226. The number of likely N-dealkylation sites (tertiary alicyclic amines) is 1. The van der Waals surface area contributed by atoms with Gasteiger partial charge in [-0.2, -0.15) is 9.57 Å². The van der Waals surface area contributed by atoms with Crippen molar-refractivity contribution in [3.05, 3.63) is 77.5 Å². The quantitative estimate of drug-likeness (QED) is 0.311. The fraction of sp³-hybridized carbons (Fsp3) is 0.444. The molecule has 2 aromatic carbocycles. The van der Waals surface area contributed by atoms with Gasteiger partial charge < -0.3 is 29.2 Å². The number of hydrogen-bond acceptors (Lipinski definition) is 11. The van der Waals surface area contributed by atoms with Gasteiger partial charge in [0.1, 0.15) is 5.75 Å². The second-order valence-corrected chi connectivity index (χ2v) is 15.1. The Bertz CT molecular complexity index is 1950. The molecule has 15 heteroatoms. The van der Waals surface area contributed by atoms with Crippen molar-refractivity contribution >= 4 is 27.6 Å². The largest absolute Gasteiger partial charge is 0.497 e. The van der Waals surface area contributed by atoms with Gasteiger partial charge in [-0.25, -0.2) is 18.2 Å². The lowest BCUT2D eigenvalue weighted by molar-refractivity contribution is -0.140. The second kappa shape index (κ2) is 13.8. The summed E-state index contributed by atoms with van der Waals surface area (Å²) in [5.74, 6) is -0.483. The third-order valence-corrected chi connectivity index (χ3v) is 11.8. The molecule has 1 atom stereocenters. The number of methoxy groups -OCH3 is 1. The molecule has 3 amide bonds. The van der Waals surface area contributed by atoms with Crippen LogP contribution in [0.25, 0.3) is 0 Å². The normalized spacial score (nSPS) is 21.4. The minimum atomic E-state index is -4.54. The molecule has 0 radical (unpaired) electrons. The minimum Gasteiger partial charge on any atom is -0.497 e. The van der Waals surface area contributed by atoms with E-state index < -0.39 is 27.5 Å². The number of pyridine rings is 1. The van der Waals surface area contributed by atoms with Crippen LogP contribution in [0.2, 0.25) is 0 Å². The number of fused-ring (bicyclic) bond motifs is 1. The number of hydrogen-bond donors (Lipinski definition) is 1. The molecule has 1 N–H and O–H groups in total. The van der Waals surface area contributed by atoms with Crippen molar-refractivity contribution in [1.82, 2.24) is 20.1 Å². The highest BCUT2D eigenvalue weighted by molar-refractivity contribution is 7.93. The molecular weight excluding hydrogens is 676 g/mol. The van der Waals surface area contributed by atoms with Crippen molar-refractivity contribution in [2.24, 2.45) is 5.41 Å². The maximum Gasteiger partial charge on any atom is 0.318 e. The van der Waals surface area contributed by atoms with E-state index in [0.29, 0.717) is 29.8 Å². The summed E-state index contributed by atoms with van der Waals surface area (Å²) < 4.78 is 51.9. The number of anilines is 1. The van der Waals surface area contributed by atoms with E-state index >= 15 is 0 Å². The van der Waals surface area contributed by atoms with Crippen LogP contribution in [-0.4, -0.2) is 108 Å². The number of carbonyl (C=O) groups is 2. The van der Waals surface area contributed by atoms with E-state index in [1.165, 1.54) is 55.8 Å². The molecule has 1 saturated carbocycles. The van der Waals surface area contributed by atoms with E-state index in [1.807, 2.05) is 0 Å². The molecule has 1 aliphatic carbocycles. The van der Waals surface area contributed by atoms with Gasteiger partial charge in [0.15, 0.2) is 5.54 Å². The molecule has 7 rings (SSSR count). The zero-order valence-corrected chi connectivity index (χ0v) is 29.4. The van der Waals surface area contributed by atoms with Crippen LogP contribution in [0.1, 0.15) is 36.5 Å². The molecule has 1 spiro atoms. The number of nitrogens with one attached hydrogen (secondary N) is 1. The monoisotopic (exact) mass is 716 g/mol. The van der Waals surface area contributed by atoms with E-state index in [0.717, 1.165) is 45.7 Å². The fourth-order valence-corrected chi connectivity index (χ4v) is 8.99. The lowest BCUT2D eigenvalue weighted by atomic mass is 9.62. The molecule has 0 bridgehead atoms. The maximum atomic E-state index is 15.0. The Morgan fingerprint density at radius 2 is 1.84 bits per heavy atom. The Morgan fingerprint density at radius 3 is 2.53 bits per heavy atom. The molecule has 268 valence electrons. The molecule has 51 heavy (non-hydrogen) atoms. The highest BCUT2D eigenvalue weighted by Gasteiger charge is 2.61. The van der Waals surface area contributed by atoms with Gasteiger partial charge in [-0.05, 0) is 74.4 Å². The van der Waals surface area contributed by atoms with E-state index in [9.17, 15) is 23.3 Å². The van der Waals surface area contributed by atoms with Crippen LogP contribution in [0.5, 0.6) is 11.6 Å². The van der Waals surface area contributed by atoms with Crippen LogP contribution in [-0.2, 0) is 29.8 Å². The Hall–Kier alpha value is -4.75. The van der Waals surface area contributed by atoms with Crippen LogP contribution in [0.15, 0.2) is 65.7 Å². The predicted octanol–water partition coefficient (Wildman–Crippen LogP) is 2.86. The highest BCUT2D eigenvalue weighted by Crippen LogP contribution is 2.52. The molecule has 4 aliphatic rings. The van der Waals surface area contributed by atoms with Crippen molar-refractivity contribution in [1.29, 1.82) is 5.26 Å². The molecule has 3 aliphatic heterocycles. The predicted molar refractivity (Wildman–Crippen MR) is 184 cm³/mol. The van der Waals surface area contributed by atoms with Crippen LogP contribution >= 0.6 is 0 Å². The van der Waals surface area contributed by atoms with Crippen LogP contribution in [0, 0.1) is 16.7 Å². The Balaban J connectivity index is 1.18. The van der Waals surface area contributed by atoms with Crippen molar-refractivity contribution in [2.45, 2.75) is 36.3 Å². The Kier molecular flexibility index (Phi) is 9.36. The van der Waals surface area contributed by atoms with Crippen LogP contribution in [0.4, 0.5) is 10.5 Å². The summed E-state index contributed by atoms with van der Waals surface area (Å²) in [6.07, 6.45) is 3.25. The number of aromatic nitrogens is 1. The number of ether oxygens (including phenoxy) is 4. The maximum absolute atomic E-state index is 15.0. The smallest absolute Gasteiger partial charge is 0.318 e. The summed E-state index contributed by atoms with van der Waals surface area (Å²) in [6, 6.07) is 14.6. The van der Waals surface area contributed by atoms with Gasteiger partial charge in [-0.15, -0.1) is 0 Å². The Morgan fingerprint density at radius 1 is 1.10 bits per heavy atom. The molecular formula is C36H40N6O8S. The summed E-state index contributed by atoms with van der Waals surface area (Å²) in [7, 11) is -3.08. The number of amides is 3. The number of benzene rings is 2. The number of carbonyl (C=O) groups excluding carboxylic acids is 2. The van der Waals surface area contributed by atoms with Gasteiger partial charge >= 0.3 is 6.03 Å². The first-order chi connectivity index (χ1) is 24.6. The van der Waals surface area contributed by atoms with Crippen molar-refractivity contribution < 1.29 is 37.0 Å². The molecule has 2 saturated heterocycles. The highest BCUT2D eigenvalue weighted by atomic mass is 32.2. The summed E-state index contributed by atoms with van der Waals surface area (Å²) in [5, 5.41) is 12.8. The first-order valence-corrected chi connectivity index (χ1v) is 18.4. The lowest BCUT2D eigenvalue weighted by Crippen LogP contribution is -2.69. The summed E-state index contributed by atoms with van der Waals surface area (Å²) in [4.78, 5) is 37.3. The number of sulfonamides is 1. The van der Waals surface area contributed by atoms with Gasteiger partial charge in [0.05, 0.1) is 67.4 Å². The Labute approximate surface area is 296 Å². The van der Waals surface area contributed by atoms with Gasteiger partial charge in [-0.1, -0.05) is 0 Å². The first-order valence-electron chi connectivity index (χ1n) is 17.0. The van der Waals surface area contributed by atoms with Gasteiger partial charge in [0.2, 0.25) is 5.88 Å². The zero-order chi connectivity index (χ0) is 35.8. The van der Waals surface area contributed by atoms with Crippen molar-refractivity contribution in [3.8, 4) is 17.7 Å². The third-order valence-electron chi connectivity index (χ3n) is 10.1. The number of rotatable bonds is 11. The van der Waals surface area contributed by atoms with E-state index in [4.69, 9.17) is 18.9 Å².